The molecular weight excluding hydrogens is 290 g/mol. The number of carbonyl (C=O) groups is 1. The van der Waals surface area contributed by atoms with Gasteiger partial charge in [0.05, 0.1) is 11.2 Å². The van der Waals surface area contributed by atoms with E-state index in [1.165, 1.54) is 12.8 Å². The number of fused-ring (bicyclic) bond motifs is 1. The van der Waals surface area contributed by atoms with Gasteiger partial charge in [-0.15, -0.1) is 0 Å². The standard InChI is InChI=1S/C19H33NO3/c1-16(2,3)22-15(21)20-14-8-10-18(6)9-7-13-11-19(18,12-14)23-17(13,4)5/h13-14H,7-12H2,1-6H3,(H,20,21)/t13-,14+,18-,19+/m1/s1. The van der Waals surface area contributed by atoms with Crippen molar-refractivity contribution in [1.29, 1.82) is 0 Å². The summed E-state index contributed by atoms with van der Waals surface area (Å²) in [5, 5.41) is 3.09. The average molecular weight is 323 g/mol. The van der Waals surface area contributed by atoms with Gasteiger partial charge in [-0.2, -0.15) is 0 Å². The Morgan fingerprint density at radius 2 is 1.78 bits per heavy atom. The van der Waals surface area contributed by atoms with Gasteiger partial charge < -0.3 is 14.8 Å². The molecule has 4 nitrogen and oxygen atoms in total. The van der Waals surface area contributed by atoms with Crippen LogP contribution in [0.4, 0.5) is 4.79 Å². The lowest BCUT2D eigenvalue weighted by atomic mass is 9.55. The van der Waals surface area contributed by atoms with Crippen LogP contribution >= 0.6 is 0 Å². The van der Waals surface area contributed by atoms with Crippen LogP contribution in [0.2, 0.25) is 0 Å². The third-order valence-corrected chi connectivity index (χ3v) is 6.50. The lowest BCUT2D eigenvalue weighted by Gasteiger charge is -2.53. The molecule has 0 radical (unpaired) electrons. The second kappa shape index (κ2) is 5.11. The SMILES string of the molecule is CC(C)(C)OC(=O)N[C@H]1CC[C@@]2(C)CC[C@@H]3C[C@@]2(C1)OC3(C)C. The van der Waals surface area contributed by atoms with E-state index in [1.54, 1.807) is 0 Å². The lowest BCUT2D eigenvalue weighted by molar-refractivity contribution is -0.171. The van der Waals surface area contributed by atoms with E-state index in [-0.39, 0.29) is 28.8 Å². The van der Waals surface area contributed by atoms with Crippen molar-refractivity contribution >= 4 is 6.09 Å². The Morgan fingerprint density at radius 1 is 1.13 bits per heavy atom. The molecule has 4 atom stereocenters. The van der Waals surface area contributed by atoms with Gasteiger partial charge in [0.25, 0.3) is 0 Å². The van der Waals surface area contributed by atoms with Crippen LogP contribution in [0.5, 0.6) is 0 Å². The third-order valence-electron chi connectivity index (χ3n) is 6.50. The zero-order valence-electron chi connectivity index (χ0n) is 15.6. The molecule has 1 N–H and O–H groups in total. The number of rotatable bonds is 1. The average Bonchev–Trinajstić information content (AvgIpc) is 2.57. The molecule has 2 aliphatic carbocycles. The van der Waals surface area contributed by atoms with Gasteiger partial charge in [0, 0.05) is 6.04 Å². The first-order chi connectivity index (χ1) is 10.4. The smallest absolute Gasteiger partial charge is 0.407 e. The Hall–Kier alpha value is -0.770. The fourth-order valence-corrected chi connectivity index (χ4v) is 5.13. The maximum Gasteiger partial charge on any atom is 0.407 e. The molecule has 0 unspecified atom stereocenters. The first-order valence-corrected chi connectivity index (χ1v) is 9.15. The maximum absolute atomic E-state index is 12.1. The number of alkyl carbamates (subject to hydrolysis) is 1. The molecule has 3 rings (SSSR count). The minimum absolute atomic E-state index is 0.0361. The van der Waals surface area contributed by atoms with Crippen LogP contribution in [0.3, 0.4) is 0 Å². The Morgan fingerprint density at radius 3 is 2.43 bits per heavy atom. The molecule has 1 amide bonds. The minimum Gasteiger partial charge on any atom is -0.444 e. The predicted octanol–water partition coefficient (Wildman–Crippen LogP) is 4.42. The van der Waals surface area contributed by atoms with Gasteiger partial charge in [0.15, 0.2) is 0 Å². The van der Waals surface area contributed by atoms with E-state index in [2.05, 4.69) is 26.1 Å². The van der Waals surface area contributed by atoms with Crippen LogP contribution in [0.1, 0.15) is 80.1 Å². The first kappa shape index (κ1) is 17.1. The molecule has 0 aromatic carbocycles. The molecular formula is C19H33NO3. The summed E-state index contributed by atoms with van der Waals surface area (Å²) in [5.74, 6) is 0.649. The topological polar surface area (TPSA) is 47.6 Å². The van der Waals surface area contributed by atoms with Gasteiger partial charge in [-0.05, 0) is 84.5 Å². The summed E-state index contributed by atoms with van der Waals surface area (Å²) < 4.78 is 12.1. The summed E-state index contributed by atoms with van der Waals surface area (Å²) in [6, 6.07) is 0.158. The number of nitrogens with one attached hydrogen (secondary N) is 1. The highest BCUT2D eigenvalue weighted by Crippen LogP contribution is 2.63. The predicted molar refractivity (Wildman–Crippen MR) is 90.4 cm³/mol. The van der Waals surface area contributed by atoms with Gasteiger partial charge in [-0.1, -0.05) is 6.92 Å². The van der Waals surface area contributed by atoms with Crippen molar-refractivity contribution in [3.8, 4) is 0 Å². The second-order valence-corrected chi connectivity index (χ2v) is 9.79. The fourth-order valence-electron chi connectivity index (χ4n) is 5.13. The summed E-state index contributed by atoms with van der Waals surface area (Å²) in [6.45, 7) is 12.6. The van der Waals surface area contributed by atoms with E-state index in [1.807, 2.05) is 20.8 Å². The molecule has 2 saturated carbocycles. The zero-order chi connectivity index (χ0) is 17.1. The first-order valence-electron chi connectivity index (χ1n) is 9.15. The fraction of sp³-hybridized carbons (Fsp3) is 0.947. The quantitative estimate of drug-likeness (QED) is 0.777. The van der Waals surface area contributed by atoms with Crippen molar-refractivity contribution < 1.29 is 14.3 Å². The zero-order valence-corrected chi connectivity index (χ0v) is 15.6. The minimum atomic E-state index is -0.451. The normalized spacial score (nSPS) is 42.0. The van der Waals surface area contributed by atoms with Crippen molar-refractivity contribution in [2.75, 3.05) is 0 Å². The number of carbonyl (C=O) groups excluding carboxylic acids is 1. The summed E-state index contributed by atoms with van der Waals surface area (Å²) in [5.41, 5.74) is -0.306. The monoisotopic (exact) mass is 323 g/mol. The van der Waals surface area contributed by atoms with Crippen LogP contribution in [0.25, 0.3) is 0 Å². The van der Waals surface area contributed by atoms with Crippen molar-refractivity contribution in [1.82, 2.24) is 5.32 Å². The number of ether oxygens (including phenoxy) is 2. The number of hydrogen-bond donors (Lipinski definition) is 1. The molecule has 3 fully saturated rings. The molecule has 4 heteroatoms. The third kappa shape index (κ3) is 2.99. The van der Waals surface area contributed by atoms with Gasteiger partial charge in [0.2, 0.25) is 0 Å². The van der Waals surface area contributed by atoms with Crippen LogP contribution < -0.4 is 5.32 Å². The molecule has 132 valence electrons. The maximum atomic E-state index is 12.1. The van der Waals surface area contributed by atoms with Crippen molar-refractivity contribution in [2.24, 2.45) is 11.3 Å². The molecule has 0 aromatic heterocycles. The van der Waals surface area contributed by atoms with Gasteiger partial charge in [0.1, 0.15) is 5.60 Å². The molecule has 2 bridgehead atoms. The van der Waals surface area contributed by atoms with Crippen molar-refractivity contribution in [2.45, 2.75) is 103 Å². The molecule has 1 heterocycles. The Labute approximate surface area is 140 Å². The van der Waals surface area contributed by atoms with Crippen LogP contribution in [0, 0.1) is 11.3 Å². The summed E-state index contributed by atoms with van der Waals surface area (Å²) in [4.78, 5) is 12.1. The molecule has 1 saturated heterocycles. The highest BCUT2D eigenvalue weighted by atomic mass is 16.6. The van der Waals surface area contributed by atoms with Gasteiger partial charge >= 0.3 is 6.09 Å². The Bertz CT molecular complexity index is 495. The molecule has 3 aliphatic rings. The Kier molecular flexibility index (Phi) is 3.79. The van der Waals surface area contributed by atoms with Crippen LogP contribution in [0.15, 0.2) is 0 Å². The molecule has 1 aliphatic heterocycles. The van der Waals surface area contributed by atoms with Crippen molar-refractivity contribution in [3.05, 3.63) is 0 Å². The van der Waals surface area contributed by atoms with E-state index < -0.39 is 5.60 Å². The van der Waals surface area contributed by atoms with E-state index in [0.717, 1.165) is 25.7 Å². The Balaban J connectivity index is 1.72. The van der Waals surface area contributed by atoms with Crippen LogP contribution in [-0.4, -0.2) is 28.9 Å². The van der Waals surface area contributed by atoms with Gasteiger partial charge in [-0.25, -0.2) is 4.79 Å². The molecule has 0 aromatic rings. The van der Waals surface area contributed by atoms with E-state index in [9.17, 15) is 4.79 Å². The highest BCUT2D eigenvalue weighted by molar-refractivity contribution is 5.68. The second-order valence-electron chi connectivity index (χ2n) is 9.79. The molecule has 1 spiro atoms. The largest absolute Gasteiger partial charge is 0.444 e. The van der Waals surface area contributed by atoms with E-state index in [0.29, 0.717) is 5.92 Å². The van der Waals surface area contributed by atoms with Gasteiger partial charge in [-0.3, -0.25) is 0 Å². The summed E-state index contributed by atoms with van der Waals surface area (Å²) in [7, 11) is 0. The number of hydrogen-bond acceptors (Lipinski definition) is 3. The number of amides is 1. The lowest BCUT2D eigenvalue weighted by Crippen LogP contribution is -2.57. The molecule has 23 heavy (non-hydrogen) atoms. The van der Waals surface area contributed by atoms with E-state index in [4.69, 9.17) is 9.47 Å². The van der Waals surface area contributed by atoms with E-state index >= 15 is 0 Å². The van der Waals surface area contributed by atoms with Crippen LogP contribution in [-0.2, 0) is 9.47 Å². The summed E-state index contributed by atoms with van der Waals surface area (Å²) in [6.07, 6.45) is 6.43. The van der Waals surface area contributed by atoms with Crippen molar-refractivity contribution in [3.63, 3.8) is 0 Å². The highest BCUT2D eigenvalue weighted by Gasteiger charge is 2.64. The summed E-state index contributed by atoms with van der Waals surface area (Å²) >= 11 is 0.